The lowest BCUT2D eigenvalue weighted by Gasteiger charge is -2.13. The second-order valence-corrected chi connectivity index (χ2v) is 4.31. The highest BCUT2D eigenvalue weighted by atomic mass is 16.7. The van der Waals surface area contributed by atoms with Gasteiger partial charge in [0.05, 0.1) is 12.7 Å². The van der Waals surface area contributed by atoms with E-state index >= 15 is 0 Å². The van der Waals surface area contributed by atoms with Gasteiger partial charge in [0.1, 0.15) is 5.75 Å². The van der Waals surface area contributed by atoms with Gasteiger partial charge in [-0.1, -0.05) is 48.5 Å². The Bertz CT molecular complexity index is 494. The van der Waals surface area contributed by atoms with Crippen LogP contribution in [0.5, 0.6) is 5.75 Å². The fourth-order valence-electron chi connectivity index (χ4n) is 1.80. The third-order valence-electron chi connectivity index (χ3n) is 2.78. The second kappa shape index (κ2) is 6.92. The molecule has 0 saturated heterocycles. The molecular weight excluding hydrogens is 240 g/mol. The maximum Gasteiger partial charge on any atom is 0.189 e. The number of aliphatic hydroxyl groups is 1. The van der Waals surface area contributed by atoms with E-state index in [0.29, 0.717) is 12.4 Å². The van der Waals surface area contributed by atoms with Crippen LogP contribution in [0.4, 0.5) is 0 Å². The van der Waals surface area contributed by atoms with E-state index in [1.165, 1.54) is 0 Å². The Morgan fingerprint density at radius 2 is 1.68 bits per heavy atom. The van der Waals surface area contributed by atoms with Gasteiger partial charge in [-0.3, -0.25) is 0 Å². The number of para-hydroxylation sites is 1. The van der Waals surface area contributed by atoms with Crippen molar-refractivity contribution in [3.63, 3.8) is 0 Å². The Morgan fingerprint density at radius 1 is 1.00 bits per heavy atom. The predicted octanol–water partition coefficient (Wildman–Crippen LogP) is 3.29. The summed E-state index contributed by atoms with van der Waals surface area (Å²) in [6, 6.07) is 17.3. The van der Waals surface area contributed by atoms with E-state index in [4.69, 9.17) is 9.47 Å². The summed E-state index contributed by atoms with van der Waals surface area (Å²) in [4.78, 5) is 0. The topological polar surface area (TPSA) is 38.7 Å². The molecule has 0 aliphatic carbocycles. The van der Waals surface area contributed by atoms with Gasteiger partial charge in [0.2, 0.25) is 0 Å². The molecule has 1 N–H and O–H groups in total. The van der Waals surface area contributed by atoms with E-state index in [-0.39, 0.29) is 6.79 Å². The Morgan fingerprint density at radius 3 is 2.42 bits per heavy atom. The SMILES string of the molecule is C[C@@H](O)c1ccccc1OCOCc1ccccc1. The van der Waals surface area contributed by atoms with Crippen molar-refractivity contribution >= 4 is 0 Å². The van der Waals surface area contributed by atoms with Crippen LogP contribution in [0.25, 0.3) is 0 Å². The highest BCUT2D eigenvalue weighted by molar-refractivity contribution is 5.34. The van der Waals surface area contributed by atoms with Crippen molar-refractivity contribution < 1.29 is 14.6 Å². The van der Waals surface area contributed by atoms with Gasteiger partial charge in [0.15, 0.2) is 6.79 Å². The number of rotatable bonds is 6. The molecule has 2 rings (SSSR count). The largest absolute Gasteiger partial charge is 0.467 e. The lowest BCUT2D eigenvalue weighted by atomic mass is 10.1. The van der Waals surface area contributed by atoms with Crippen molar-refractivity contribution in [1.29, 1.82) is 0 Å². The first-order valence-corrected chi connectivity index (χ1v) is 6.29. The van der Waals surface area contributed by atoms with Crippen LogP contribution in [0.15, 0.2) is 54.6 Å². The maximum atomic E-state index is 9.62. The van der Waals surface area contributed by atoms with E-state index in [0.717, 1.165) is 11.1 Å². The van der Waals surface area contributed by atoms with E-state index in [1.807, 2.05) is 54.6 Å². The third kappa shape index (κ3) is 4.09. The van der Waals surface area contributed by atoms with Crippen molar-refractivity contribution in [2.45, 2.75) is 19.6 Å². The van der Waals surface area contributed by atoms with E-state index < -0.39 is 6.10 Å². The molecule has 0 radical (unpaired) electrons. The van der Waals surface area contributed by atoms with Gasteiger partial charge in [0.25, 0.3) is 0 Å². The van der Waals surface area contributed by atoms with Crippen molar-refractivity contribution in [2.24, 2.45) is 0 Å². The summed E-state index contributed by atoms with van der Waals surface area (Å²) in [6.07, 6.45) is -0.551. The molecule has 1 atom stereocenters. The normalized spacial score (nSPS) is 12.1. The number of benzene rings is 2. The molecule has 0 spiro atoms. The molecule has 0 bridgehead atoms. The van der Waals surface area contributed by atoms with E-state index in [2.05, 4.69) is 0 Å². The fourth-order valence-corrected chi connectivity index (χ4v) is 1.80. The van der Waals surface area contributed by atoms with Gasteiger partial charge in [-0.2, -0.15) is 0 Å². The summed E-state index contributed by atoms with van der Waals surface area (Å²) >= 11 is 0. The zero-order chi connectivity index (χ0) is 13.5. The molecule has 2 aromatic rings. The quantitative estimate of drug-likeness (QED) is 0.638. The van der Waals surface area contributed by atoms with Crippen LogP contribution in [-0.2, 0) is 11.3 Å². The molecule has 0 saturated carbocycles. The van der Waals surface area contributed by atoms with Crippen molar-refractivity contribution in [3.8, 4) is 5.75 Å². The molecule has 3 nitrogen and oxygen atoms in total. The summed E-state index contributed by atoms with van der Waals surface area (Å²) < 4.78 is 11.0. The van der Waals surface area contributed by atoms with Crippen molar-refractivity contribution in [1.82, 2.24) is 0 Å². The van der Waals surface area contributed by atoms with Crippen LogP contribution < -0.4 is 4.74 Å². The minimum absolute atomic E-state index is 0.165. The zero-order valence-corrected chi connectivity index (χ0v) is 11.0. The lowest BCUT2D eigenvalue weighted by molar-refractivity contribution is 0.00343. The first-order valence-electron chi connectivity index (χ1n) is 6.29. The highest BCUT2D eigenvalue weighted by Crippen LogP contribution is 2.24. The highest BCUT2D eigenvalue weighted by Gasteiger charge is 2.07. The monoisotopic (exact) mass is 258 g/mol. The number of ether oxygens (including phenoxy) is 2. The number of hydrogen-bond donors (Lipinski definition) is 1. The molecule has 0 fully saturated rings. The van der Waals surface area contributed by atoms with Gasteiger partial charge in [-0.05, 0) is 18.6 Å². The standard InChI is InChI=1S/C16H18O3/c1-13(17)15-9-5-6-10-16(15)19-12-18-11-14-7-3-2-4-8-14/h2-10,13,17H,11-12H2,1H3/t13-/m1/s1. The molecular formula is C16H18O3. The third-order valence-corrected chi connectivity index (χ3v) is 2.78. The van der Waals surface area contributed by atoms with E-state index in [1.54, 1.807) is 6.92 Å². The number of hydrogen-bond acceptors (Lipinski definition) is 3. The van der Waals surface area contributed by atoms with Gasteiger partial charge in [-0.15, -0.1) is 0 Å². The number of aliphatic hydroxyl groups excluding tert-OH is 1. The molecule has 0 heterocycles. The second-order valence-electron chi connectivity index (χ2n) is 4.31. The zero-order valence-electron chi connectivity index (χ0n) is 11.0. The molecule has 0 aromatic heterocycles. The maximum absolute atomic E-state index is 9.62. The minimum Gasteiger partial charge on any atom is -0.467 e. The summed E-state index contributed by atoms with van der Waals surface area (Å²) in [5.74, 6) is 0.658. The molecule has 19 heavy (non-hydrogen) atoms. The minimum atomic E-state index is -0.551. The Hall–Kier alpha value is -1.84. The Labute approximate surface area is 113 Å². The van der Waals surface area contributed by atoms with Gasteiger partial charge >= 0.3 is 0 Å². The van der Waals surface area contributed by atoms with Gasteiger partial charge < -0.3 is 14.6 Å². The smallest absolute Gasteiger partial charge is 0.189 e. The van der Waals surface area contributed by atoms with Gasteiger partial charge in [0, 0.05) is 5.56 Å². The molecule has 0 amide bonds. The average molecular weight is 258 g/mol. The Balaban J connectivity index is 1.83. The molecule has 0 aliphatic rings. The van der Waals surface area contributed by atoms with Crippen molar-refractivity contribution in [3.05, 3.63) is 65.7 Å². The average Bonchev–Trinajstić information content (AvgIpc) is 2.45. The van der Waals surface area contributed by atoms with Crippen LogP contribution in [0, 0.1) is 0 Å². The first kappa shape index (κ1) is 13.6. The van der Waals surface area contributed by atoms with Gasteiger partial charge in [-0.25, -0.2) is 0 Å². The molecule has 3 heteroatoms. The van der Waals surface area contributed by atoms with Crippen LogP contribution in [-0.4, -0.2) is 11.9 Å². The van der Waals surface area contributed by atoms with Crippen LogP contribution in [0.3, 0.4) is 0 Å². The fraction of sp³-hybridized carbons (Fsp3) is 0.250. The van der Waals surface area contributed by atoms with Crippen LogP contribution in [0.1, 0.15) is 24.2 Å². The molecule has 0 unspecified atom stereocenters. The molecule has 2 aromatic carbocycles. The molecule has 0 aliphatic heterocycles. The Kier molecular flexibility index (Phi) is 4.95. The first-order chi connectivity index (χ1) is 9.27. The summed E-state index contributed by atoms with van der Waals surface area (Å²) in [5.41, 5.74) is 1.88. The summed E-state index contributed by atoms with van der Waals surface area (Å²) in [7, 11) is 0. The van der Waals surface area contributed by atoms with Crippen LogP contribution >= 0.6 is 0 Å². The lowest BCUT2D eigenvalue weighted by Crippen LogP contribution is -2.05. The summed E-state index contributed by atoms with van der Waals surface area (Å²) in [5, 5.41) is 9.62. The van der Waals surface area contributed by atoms with E-state index in [9.17, 15) is 5.11 Å². The molecule has 100 valence electrons. The van der Waals surface area contributed by atoms with Crippen molar-refractivity contribution in [2.75, 3.05) is 6.79 Å². The summed E-state index contributed by atoms with van der Waals surface area (Å²) in [6.45, 7) is 2.39. The van der Waals surface area contributed by atoms with Crippen LogP contribution in [0.2, 0.25) is 0 Å². The predicted molar refractivity (Wildman–Crippen MR) is 73.8 cm³/mol.